The number of carbonyl (C=O) groups excluding carboxylic acids is 1. The second-order valence-electron chi connectivity index (χ2n) is 3.91. The van der Waals surface area contributed by atoms with Crippen molar-refractivity contribution < 1.29 is 4.79 Å². The van der Waals surface area contributed by atoms with E-state index in [9.17, 15) is 4.79 Å². The molecule has 0 aliphatic heterocycles. The number of carbonyl (C=O) groups is 1. The van der Waals surface area contributed by atoms with Gasteiger partial charge in [0.1, 0.15) is 5.69 Å². The molecule has 2 N–H and O–H groups in total. The van der Waals surface area contributed by atoms with Crippen LogP contribution < -0.4 is 5.73 Å². The zero-order valence-corrected chi connectivity index (χ0v) is 11.6. The molecule has 0 radical (unpaired) electrons. The topological polar surface area (TPSA) is 60.9 Å². The zero-order chi connectivity index (χ0) is 13.1. The second kappa shape index (κ2) is 5.46. The largest absolute Gasteiger partial charge is 0.317 e. The highest BCUT2D eigenvalue weighted by Crippen LogP contribution is 2.22. The van der Waals surface area contributed by atoms with E-state index in [2.05, 4.69) is 21.0 Å². The molecule has 5 heteroatoms. The fraction of sp³-hybridized carbons (Fsp3) is 0.231. The van der Waals surface area contributed by atoms with Gasteiger partial charge in [0.25, 0.3) is 0 Å². The minimum atomic E-state index is -0.663. The van der Waals surface area contributed by atoms with Crippen LogP contribution in [0, 0.1) is 0 Å². The van der Waals surface area contributed by atoms with Crippen LogP contribution in [0.25, 0.3) is 0 Å². The first-order valence-corrected chi connectivity index (χ1v) is 6.50. The molecule has 2 rings (SSSR count). The van der Waals surface area contributed by atoms with Gasteiger partial charge in [0, 0.05) is 6.54 Å². The molecular weight excluding hydrogens is 294 g/mol. The standard InChI is InChI=1S/C13H14BrN3O/c1-2-17-12(10(14)8-16-17)13(18)11(15)9-6-4-3-5-7-9/h3-8,11H,2,15H2,1H3/t11-/m1/s1. The number of Topliss-reactive ketones (excluding diaryl/α,β-unsaturated/α-hetero) is 1. The Labute approximate surface area is 114 Å². The van der Waals surface area contributed by atoms with Gasteiger partial charge in [0.15, 0.2) is 0 Å². The number of nitrogens with two attached hydrogens (primary N) is 1. The van der Waals surface area contributed by atoms with E-state index in [1.807, 2.05) is 37.3 Å². The highest BCUT2D eigenvalue weighted by Gasteiger charge is 2.23. The number of aromatic nitrogens is 2. The molecule has 1 atom stereocenters. The lowest BCUT2D eigenvalue weighted by molar-refractivity contribution is 0.0950. The van der Waals surface area contributed by atoms with Crippen LogP contribution in [0.15, 0.2) is 41.0 Å². The van der Waals surface area contributed by atoms with E-state index in [0.29, 0.717) is 16.7 Å². The van der Waals surface area contributed by atoms with Gasteiger partial charge in [0.05, 0.1) is 16.7 Å². The molecule has 0 amide bonds. The van der Waals surface area contributed by atoms with E-state index in [-0.39, 0.29) is 5.78 Å². The summed E-state index contributed by atoms with van der Waals surface area (Å²) in [6.45, 7) is 2.57. The molecule has 2 aromatic rings. The Hall–Kier alpha value is -1.46. The zero-order valence-electron chi connectivity index (χ0n) is 10.0. The highest BCUT2D eigenvalue weighted by atomic mass is 79.9. The number of halogens is 1. The van der Waals surface area contributed by atoms with Crippen molar-refractivity contribution in [1.29, 1.82) is 0 Å². The van der Waals surface area contributed by atoms with Gasteiger partial charge < -0.3 is 5.73 Å². The highest BCUT2D eigenvalue weighted by molar-refractivity contribution is 9.10. The number of aryl methyl sites for hydroxylation is 1. The monoisotopic (exact) mass is 307 g/mol. The summed E-state index contributed by atoms with van der Waals surface area (Å²) in [5, 5.41) is 4.12. The molecule has 0 saturated carbocycles. The summed E-state index contributed by atoms with van der Waals surface area (Å²) in [6, 6.07) is 8.67. The Kier molecular flexibility index (Phi) is 3.93. The van der Waals surface area contributed by atoms with Crippen LogP contribution in [-0.2, 0) is 6.54 Å². The molecule has 0 saturated heterocycles. The number of benzene rings is 1. The average Bonchev–Trinajstić information content (AvgIpc) is 2.79. The number of hydrogen-bond acceptors (Lipinski definition) is 3. The van der Waals surface area contributed by atoms with Crippen molar-refractivity contribution in [2.24, 2.45) is 5.73 Å². The molecule has 0 aliphatic carbocycles. The fourth-order valence-corrected chi connectivity index (χ4v) is 2.30. The average molecular weight is 308 g/mol. The van der Waals surface area contributed by atoms with E-state index in [4.69, 9.17) is 5.73 Å². The Morgan fingerprint density at radius 1 is 1.44 bits per heavy atom. The number of rotatable bonds is 4. The van der Waals surface area contributed by atoms with Gasteiger partial charge in [-0.2, -0.15) is 5.10 Å². The quantitative estimate of drug-likeness (QED) is 0.883. The molecule has 0 aliphatic rings. The van der Waals surface area contributed by atoms with Crippen molar-refractivity contribution in [3.05, 3.63) is 52.3 Å². The third kappa shape index (κ3) is 2.37. The van der Waals surface area contributed by atoms with Crippen LogP contribution in [0.1, 0.15) is 29.0 Å². The van der Waals surface area contributed by atoms with Gasteiger partial charge in [-0.25, -0.2) is 0 Å². The van der Waals surface area contributed by atoms with Gasteiger partial charge in [0.2, 0.25) is 5.78 Å². The maximum Gasteiger partial charge on any atom is 0.203 e. The van der Waals surface area contributed by atoms with Crippen LogP contribution in [0.5, 0.6) is 0 Å². The van der Waals surface area contributed by atoms with Crippen molar-refractivity contribution in [3.8, 4) is 0 Å². The van der Waals surface area contributed by atoms with Crippen molar-refractivity contribution in [2.45, 2.75) is 19.5 Å². The summed E-state index contributed by atoms with van der Waals surface area (Å²) < 4.78 is 2.33. The van der Waals surface area contributed by atoms with Crippen LogP contribution in [0.2, 0.25) is 0 Å². The molecule has 4 nitrogen and oxygen atoms in total. The lowest BCUT2D eigenvalue weighted by Crippen LogP contribution is -2.24. The molecule has 0 bridgehead atoms. The van der Waals surface area contributed by atoms with E-state index >= 15 is 0 Å². The molecular formula is C13H14BrN3O. The van der Waals surface area contributed by atoms with Crippen LogP contribution in [0.3, 0.4) is 0 Å². The summed E-state index contributed by atoms with van der Waals surface area (Å²) in [6.07, 6.45) is 1.62. The lowest BCUT2D eigenvalue weighted by atomic mass is 10.0. The molecule has 0 fully saturated rings. The van der Waals surface area contributed by atoms with E-state index in [1.54, 1.807) is 10.9 Å². The molecule has 1 aromatic carbocycles. The van der Waals surface area contributed by atoms with Crippen molar-refractivity contribution in [3.63, 3.8) is 0 Å². The van der Waals surface area contributed by atoms with Gasteiger partial charge in [-0.3, -0.25) is 9.48 Å². The van der Waals surface area contributed by atoms with E-state index in [1.165, 1.54) is 0 Å². The SMILES string of the molecule is CCn1ncc(Br)c1C(=O)[C@H](N)c1ccccc1. The smallest absolute Gasteiger partial charge is 0.203 e. The third-order valence-electron chi connectivity index (χ3n) is 2.77. The number of ketones is 1. The van der Waals surface area contributed by atoms with Crippen LogP contribution >= 0.6 is 15.9 Å². The second-order valence-corrected chi connectivity index (χ2v) is 4.76. The Morgan fingerprint density at radius 2 is 2.11 bits per heavy atom. The van der Waals surface area contributed by atoms with Crippen molar-refractivity contribution >= 4 is 21.7 Å². The number of nitrogens with zero attached hydrogens (tertiary/aromatic N) is 2. The predicted octanol–water partition coefficient (Wildman–Crippen LogP) is 2.55. The molecule has 18 heavy (non-hydrogen) atoms. The molecule has 94 valence electrons. The number of hydrogen-bond donors (Lipinski definition) is 1. The summed E-state index contributed by atoms with van der Waals surface area (Å²) in [4.78, 5) is 12.4. The Morgan fingerprint density at radius 3 is 2.72 bits per heavy atom. The third-order valence-corrected chi connectivity index (χ3v) is 3.35. The summed E-state index contributed by atoms with van der Waals surface area (Å²) in [5.74, 6) is -0.132. The maximum absolute atomic E-state index is 12.4. The van der Waals surface area contributed by atoms with Gasteiger partial charge >= 0.3 is 0 Å². The molecule has 0 unspecified atom stereocenters. The van der Waals surface area contributed by atoms with Gasteiger partial charge in [-0.05, 0) is 28.4 Å². The minimum absolute atomic E-state index is 0.132. The fourth-order valence-electron chi connectivity index (χ4n) is 1.81. The first-order valence-electron chi connectivity index (χ1n) is 5.71. The van der Waals surface area contributed by atoms with Crippen LogP contribution in [0.4, 0.5) is 0 Å². The van der Waals surface area contributed by atoms with E-state index < -0.39 is 6.04 Å². The summed E-state index contributed by atoms with van der Waals surface area (Å²) in [7, 11) is 0. The van der Waals surface area contributed by atoms with Crippen LogP contribution in [-0.4, -0.2) is 15.6 Å². The maximum atomic E-state index is 12.4. The summed E-state index contributed by atoms with van der Waals surface area (Å²) >= 11 is 3.34. The van der Waals surface area contributed by atoms with E-state index in [0.717, 1.165) is 5.56 Å². The Balaban J connectivity index is 2.34. The first kappa shape index (κ1) is 13.0. The molecule has 0 spiro atoms. The molecule has 1 aromatic heterocycles. The predicted molar refractivity (Wildman–Crippen MR) is 73.3 cm³/mol. The van der Waals surface area contributed by atoms with Gasteiger partial charge in [-0.15, -0.1) is 0 Å². The Bertz CT molecular complexity index is 551. The molecule has 1 heterocycles. The first-order chi connectivity index (χ1) is 8.65. The van der Waals surface area contributed by atoms with Gasteiger partial charge in [-0.1, -0.05) is 30.3 Å². The minimum Gasteiger partial charge on any atom is -0.317 e. The lowest BCUT2D eigenvalue weighted by Gasteiger charge is -2.12. The summed E-state index contributed by atoms with van der Waals surface area (Å²) in [5.41, 5.74) is 7.34. The normalized spacial score (nSPS) is 12.4. The van der Waals surface area contributed by atoms with Crippen molar-refractivity contribution in [1.82, 2.24) is 9.78 Å². The van der Waals surface area contributed by atoms with Crippen molar-refractivity contribution in [2.75, 3.05) is 0 Å².